The highest BCUT2D eigenvalue weighted by Crippen LogP contribution is 2.32. The van der Waals surface area contributed by atoms with Gasteiger partial charge in [-0.15, -0.1) is 0 Å². The zero-order valence-electron chi connectivity index (χ0n) is 56.7. The van der Waals surface area contributed by atoms with Crippen LogP contribution in [0.4, 0.5) is 39.8 Å². The topological polar surface area (TPSA) is 232 Å². The molecule has 0 heterocycles. The monoisotopic (exact) mass is 1340 g/mol. The van der Waals surface area contributed by atoms with Gasteiger partial charge >= 0.3 is 0 Å². The molecule has 516 valence electrons. The summed E-state index contributed by atoms with van der Waals surface area (Å²) in [6.45, 7) is 11.2. The molecular formula is C71H132Cl5N7O5. The number of rotatable bonds is 53. The number of carbonyl (C=O) groups excluding carboxylic acids is 5. The third-order valence-electron chi connectivity index (χ3n) is 16.0. The van der Waals surface area contributed by atoms with E-state index < -0.39 is 0 Å². The lowest BCUT2D eigenvalue weighted by atomic mass is 9.99. The number of hydrogen-bond donors (Lipinski definition) is 7. The third kappa shape index (κ3) is 58.6. The van der Waals surface area contributed by atoms with E-state index >= 15 is 0 Å². The molecule has 12 nitrogen and oxygen atoms in total. The van der Waals surface area contributed by atoms with Crippen molar-refractivity contribution in [2.24, 2.45) is 0 Å². The molecule has 88 heavy (non-hydrogen) atoms. The molecule has 0 saturated carbocycles. The van der Waals surface area contributed by atoms with Crippen molar-refractivity contribution < 1.29 is 96.5 Å². The second-order valence-electron chi connectivity index (χ2n) is 24.3. The first kappa shape index (κ1) is 94.2. The van der Waals surface area contributed by atoms with Gasteiger partial charge in [0.05, 0.1) is 23.5 Å². The average molecular weight is 1340 g/mol. The van der Waals surface area contributed by atoms with E-state index in [9.17, 15) is 24.0 Å². The Balaban J connectivity index is -0.000000735. The molecule has 0 aromatic heterocycles. The van der Waals surface area contributed by atoms with Crippen LogP contribution in [0.1, 0.15) is 348 Å². The molecule has 0 spiro atoms. The van der Waals surface area contributed by atoms with Crippen molar-refractivity contribution in [3.63, 3.8) is 0 Å². The number of anilines is 3. The number of carbonyl (C=O) groups is 5. The largest absolute Gasteiger partial charge is 1.00 e. The lowest BCUT2D eigenvalue weighted by Crippen LogP contribution is -3.00. The molecule has 15 N–H and O–H groups in total. The quantitative estimate of drug-likeness (QED) is 0.0294. The van der Waals surface area contributed by atoms with Crippen LogP contribution in [0.25, 0.3) is 0 Å². The highest BCUT2D eigenvalue weighted by molar-refractivity contribution is 6.63. The summed E-state index contributed by atoms with van der Waals surface area (Å²) in [5.41, 5.74) is 21.1. The standard InChI is InChI=1S/C55H99N3O4.C10H19ClO.C6H10N4.4ClH/c1-5-9-13-17-21-25-29-33-37-41-49(59)45-48-46-51(57-54(61)43-39-35-31-27-23-19-15-11-7-3)52(58-55(62)44-40-36-32-28-24-20-16-12-8-4)47-50(48)56-53(60)42-38-34-30-26-22-18-14-10-6-2;1-2-3-4-5-6-7-8-9-10(11)12;7-3-1-4(8)6(10)2-5(3)9;;;;/h46-47H,5-45H2,1-4H3,(H,56,60)(H,57,61)(H,58,62);2-9H2,1H3;1-2H,7-10H2;4*1H. The summed E-state index contributed by atoms with van der Waals surface area (Å²) in [7, 11) is 0. The van der Waals surface area contributed by atoms with E-state index in [0.29, 0.717) is 54.7 Å². The Morgan fingerprint density at radius 2 is 0.511 bits per heavy atom. The van der Waals surface area contributed by atoms with Crippen LogP contribution in [0, 0.1) is 0 Å². The molecule has 0 saturated heterocycles. The number of halogens is 5. The minimum Gasteiger partial charge on any atom is -1.00 e. The van der Waals surface area contributed by atoms with E-state index in [2.05, 4.69) is 73.5 Å². The van der Waals surface area contributed by atoms with Gasteiger partial charge in [0.2, 0.25) is 23.0 Å². The summed E-state index contributed by atoms with van der Waals surface area (Å²) in [5.74, 6) is -0.119. The van der Waals surface area contributed by atoms with Crippen LogP contribution in [0.5, 0.6) is 0 Å². The van der Waals surface area contributed by atoms with E-state index in [-0.39, 0.29) is 84.8 Å². The first-order valence-electron chi connectivity index (χ1n) is 34.9. The molecule has 0 aliphatic carbocycles. The Morgan fingerprint density at radius 1 is 0.295 bits per heavy atom. The summed E-state index contributed by atoms with van der Waals surface area (Å²) < 4.78 is 0. The van der Waals surface area contributed by atoms with Crippen molar-refractivity contribution >= 4 is 80.2 Å². The van der Waals surface area contributed by atoms with Crippen molar-refractivity contribution in [1.82, 2.24) is 0 Å². The van der Waals surface area contributed by atoms with Gasteiger partial charge in [-0.25, -0.2) is 0 Å². The molecule has 17 heteroatoms. The molecule has 0 fully saturated rings. The van der Waals surface area contributed by atoms with Gasteiger partial charge < -0.3 is 88.5 Å². The Labute approximate surface area is 568 Å². The molecule has 0 radical (unpaired) electrons. The fourth-order valence-corrected chi connectivity index (χ4v) is 10.6. The van der Waals surface area contributed by atoms with Crippen molar-refractivity contribution in [2.75, 3.05) is 16.0 Å². The van der Waals surface area contributed by atoms with E-state index in [0.717, 1.165) is 113 Å². The zero-order chi connectivity index (χ0) is 62.1. The van der Waals surface area contributed by atoms with Gasteiger partial charge in [0.1, 0.15) is 5.78 Å². The maximum atomic E-state index is 13.5. The number of ketones is 1. The summed E-state index contributed by atoms with van der Waals surface area (Å²) in [6.07, 6.45) is 53.7. The Hall–Kier alpha value is -2.52. The van der Waals surface area contributed by atoms with Gasteiger partial charge in [-0.1, -0.05) is 279 Å². The zero-order valence-corrected chi connectivity index (χ0v) is 60.5. The number of amides is 3. The fraction of sp³-hybridized carbons (Fsp3) is 0.761. The molecule has 2 aromatic rings. The van der Waals surface area contributed by atoms with E-state index in [4.69, 9.17) is 11.6 Å². The lowest BCUT2D eigenvalue weighted by Gasteiger charge is -2.19. The summed E-state index contributed by atoms with van der Waals surface area (Å²) in [4.78, 5) is 64.1. The Morgan fingerprint density at radius 3 is 0.773 bits per heavy atom. The van der Waals surface area contributed by atoms with Gasteiger partial charge in [-0.2, -0.15) is 0 Å². The molecule has 2 aromatic carbocycles. The number of benzene rings is 2. The minimum absolute atomic E-state index is 0. The molecule has 0 aliphatic rings. The second kappa shape index (κ2) is 68.8. The molecule has 3 amide bonds. The van der Waals surface area contributed by atoms with Gasteiger partial charge in [0.15, 0.2) is 22.7 Å². The van der Waals surface area contributed by atoms with E-state index in [1.165, 1.54) is 186 Å². The second-order valence-corrected chi connectivity index (χ2v) is 24.8. The van der Waals surface area contributed by atoms with Crippen molar-refractivity contribution in [2.45, 2.75) is 349 Å². The lowest BCUT2D eigenvalue weighted by molar-refractivity contribution is -0.313. The minimum atomic E-state index is -0.191. The average Bonchev–Trinajstić information content (AvgIpc) is 2.80. The third-order valence-corrected chi connectivity index (χ3v) is 16.2. The Kier molecular flexibility index (Phi) is 73.7. The van der Waals surface area contributed by atoms with Crippen LogP contribution < -0.4 is 88.5 Å². The molecule has 0 bridgehead atoms. The summed E-state index contributed by atoms with van der Waals surface area (Å²) >= 11 is 5.20. The first-order valence-corrected chi connectivity index (χ1v) is 35.3. The van der Waals surface area contributed by atoms with Gasteiger partial charge in [0, 0.05) is 44.2 Å². The van der Waals surface area contributed by atoms with Crippen LogP contribution in [-0.2, 0) is 30.4 Å². The molecular weight excluding hydrogens is 1210 g/mol. The van der Waals surface area contributed by atoms with Gasteiger partial charge in [-0.3, -0.25) is 24.0 Å². The van der Waals surface area contributed by atoms with Crippen LogP contribution in [-0.4, -0.2) is 28.7 Å². The first-order chi connectivity index (χ1) is 40.7. The number of hydrogen-bond acceptors (Lipinski definition) is 5. The highest BCUT2D eigenvalue weighted by Gasteiger charge is 2.19. The maximum Gasteiger partial charge on any atom is 0.224 e. The maximum absolute atomic E-state index is 13.5. The van der Waals surface area contributed by atoms with Gasteiger partial charge in [-0.05, 0) is 61.4 Å². The SMILES string of the molecule is CCCCCCCCCC(=O)Cl.CCCCCCCCCCCC(=O)Cc1cc(NC(=O)CCCCCCCCCCC)c(NC(=O)CCCCCCCCCCC)cc1NC(=O)CCCCCCCCCCC.[Cl-].[Cl-].[Cl-].[Cl-].[NH3+]c1cc([NH3+])c([NH3+])cc1[NH3+]. The number of Topliss-reactive ketones (excluding diaryl/α,β-unsaturated/α-hetero) is 1. The molecule has 0 atom stereocenters. The highest BCUT2D eigenvalue weighted by atomic mass is 35.5. The van der Waals surface area contributed by atoms with Crippen LogP contribution in [0.3, 0.4) is 0 Å². The number of nitrogens with one attached hydrogen (secondary N) is 3. The fourth-order valence-electron chi connectivity index (χ4n) is 10.5. The van der Waals surface area contributed by atoms with Crippen LogP contribution in [0.2, 0.25) is 0 Å². The Bertz CT molecular complexity index is 1750. The molecule has 0 aliphatic heterocycles. The molecule has 2 rings (SSSR count). The van der Waals surface area contributed by atoms with E-state index in [1.807, 2.05) is 18.2 Å². The van der Waals surface area contributed by atoms with E-state index in [1.54, 1.807) is 6.07 Å². The predicted molar refractivity (Wildman–Crippen MR) is 359 cm³/mol. The van der Waals surface area contributed by atoms with Crippen LogP contribution >= 0.6 is 11.6 Å². The van der Waals surface area contributed by atoms with Gasteiger partial charge in [0.25, 0.3) is 0 Å². The van der Waals surface area contributed by atoms with Crippen molar-refractivity contribution in [3.8, 4) is 0 Å². The van der Waals surface area contributed by atoms with Crippen molar-refractivity contribution in [1.29, 1.82) is 0 Å². The number of quaternary nitrogens is 4. The summed E-state index contributed by atoms with van der Waals surface area (Å²) in [6, 6.07) is 7.41. The predicted octanol–water partition coefficient (Wildman–Crippen LogP) is 6.39. The summed E-state index contributed by atoms with van der Waals surface area (Å²) in [5, 5.41) is 9.17. The number of unbranched alkanes of at least 4 members (excludes halogenated alkanes) is 38. The smallest absolute Gasteiger partial charge is 0.224 e. The van der Waals surface area contributed by atoms with Crippen LogP contribution in [0.15, 0.2) is 24.3 Å². The van der Waals surface area contributed by atoms with Crippen molar-refractivity contribution in [3.05, 3.63) is 29.8 Å². The normalized spacial score (nSPS) is 10.4. The molecule has 0 unspecified atom stereocenters.